The topological polar surface area (TPSA) is 86.6 Å². The van der Waals surface area contributed by atoms with E-state index in [-0.39, 0.29) is 23.1 Å². The van der Waals surface area contributed by atoms with Gasteiger partial charge in [0.15, 0.2) is 9.84 Å². The van der Waals surface area contributed by atoms with Crippen LogP contribution in [0.3, 0.4) is 0 Å². The molecule has 0 saturated heterocycles. The van der Waals surface area contributed by atoms with Gasteiger partial charge in [-0.15, -0.1) is 12.4 Å². The van der Waals surface area contributed by atoms with Gasteiger partial charge in [-0.3, -0.25) is 9.11 Å². The first-order valence-corrected chi connectivity index (χ1v) is 13.6. The molecule has 1 unspecified atom stereocenters. The Kier molecular flexibility index (Phi) is 8.03. The molecule has 3 aromatic rings. The monoisotopic (exact) mass is 493 g/mol. The Morgan fingerprint density at radius 1 is 0.906 bits per heavy atom. The Morgan fingerprint density at radius 3 is 2.25 bits per heavy atom. The summed E-state index contributed by atoms with van der Waals surface area (Å²) in [5, 5.41) is 2.43. The van der Waals surface area contributed by atoms with Crippen molar-refractivity contribution in [2.45, 2.75) is 34.4 Å². The standard InChI is InChI=1S/C24H27NO4S2.ClH/c26-30(27)18-23(31(28,29)21-13-5-2-6-14-21)24-20(12-7-15-22(24)30)17-25-16-8-11-19-9-3-1-4-10-19;/h1-7,9-10,12-15,23,25-27H,8,11,16-18H2;1H. The van der Waals surface area contributed by atoms with Crippen LogP contribution >= 0.6 is 23.0 Å². The lowest BCUT2D eigenvalue weighted by molar-refractivity contribution is 0.491. The molecule has 0 saturated carbocycles. The van der Waals surface area contributed by atoms with Crippen molar-refractivity contribution in [2.75, 3.05) is 12.3 Å². The molecule has 1 atom stereocenters. The van der Waals surface area contributed by atoms with Crippen molar-refractivity contribution in [3.05, 3.63) is 95.6 Å². The minimum absolute atomic E-state index is 0. The quantitative estimate of drug-likeness (QED) is 0.362. The van der Waals surface area contributed by atoms with Crippen molar-refractivity contribution in [2.24, 2.45) is 0 Å². The molecule has 0 fully saturated rings. The van der Waals surface area contributed by atoms with Crippen LogP contribution < -0.4 is 5.32 Å². The summed E-state index contributed by atoms with van der Waals surface area (Å²) in [7, 11) is -6.89. The van der Waals surface area contributed by atoms with Gasteiger partial charge in [0.25, 0.3) is 0 Å². The summed E-state index contributed by atoms with van der Waals surface area (Å²) in [4.78, 5) is 0.564. The van der Waals surface area contributed by atoms with Crippen LogP contribution in [0.1, 0.15) is 28.4 Å². The minimum Gasteiger partial charge on any atom is -0.313 e. The molecule has 8 heteroatoms. The van der Waals surface area contributed by atoms with Crippen LogP contribution in [0, 0.1) is 0 Å². The Morgan fingerprint density at radius 2 is 1.56 bits per heavy atom. The van der Waals surface area contributed by atoms with Crippen molar-refractivity contribution in [1.82, 2.24) is 5.32 Å². The third-order valence-corrected chi connectivity index (χ3v) is 9.79. The van der Waals surface area contributed by atoms with E-state index >= 15 is 0 Å². The molecular formula is C24H28ClNO4S2. The van der Waals surface area contributed by atoms with Crippen LogP contribution in [0.4, 0.5) is 0 Å². The number of fused-ring (bicyclic) bond motifs is 1. The molecule has 3 N–H and O–H groups in total. The van der Waals surface area contributed by atoms with E-state index in [1.165, 1.54) is 5.56 Å². The minimum atomic E-state index is -3.74. The van der Waals surface area contributed by atoms with Crippen LogP contribution in [0.15, 0.2) is 88.7 Å². The first-order valence-electron chi connectivity index (χ1n) is 10.3. The van der Waals surface area contributed by atoms with E-state index in [9.17, 15) is 17.5 Å². The number of rotatable bonds is 8. The highest BCUT2D eigenvalue weighted by Crippen LogP contribution is 2.62. The molecule has 0 amide bonds. The van der Waals surface area contributed by atoms with E-state index in [2.05, 4.69) is 17.4 Å². The van der Waals surface area contributed by atoms with Crippen LogP contribution in [-0.2, 0) is 22.8 Å². The van der Waals surface area contributed by atoms with Crippen LogP contribution in [-0.4, -0.2) is 29.8 Å². The smallest absolute Gasteiger partial charge is 0.187 e. The van der Waals surface area contributed by atoms with Gasteiger partial charge in [0.2, 0.25) is 0 Å². The van der Waals surface area contributed by atoms with Crippen molar-refractivity contribution in [1.29, 1.82) is 0 Å². The maximum atomic E-state index is 13.3. The number of hydrogen-bond donors (Lipinski definition) is 3. The van der Waals surface area contributed by atoms with Gasteiger partial charge in [0.1, 0.15) is 5.25 Å². The SMILES string of the molecule is Cl.O=S(=O)(c1ccccc1)C1CS(O)(O)c2cccc(CNCCCc3ccccc3)c21. The number of hydrogen-bond acceptors (Lipinski definition) is 5. The Hall–Kier alpha value is -1.87. The molecule has 0 spiro atoms. The van der Waals surface area contributed by atoms with Gasteiger partial charge in [0, 0.05) is 6.54 Å². The average molecular weight is 494 g/mol. The zero-order chi connectivity index (χ0) is 21.9. The van der Waals surface area contributed by atoms with Gasteiger partial charge in [-0.25, -0.2) is 8.42 Å². The molecule has 32 heavy (non-hydrogen) atoms. The van der Waals surface area contributed by atoms with Crippen LogP contribution in [0.5, 0.6) is 0 Å². The highest BCUT2D eigenvalue weighted by molar-refractivity contribution is 8.25. The molecule has 3 aromatic carbocycles. The molecule has 0 aromatic heterocycles. The van der Waals surface area contributed by atoms with E-state index in [1.54, 1.807) is 42.5 Å². The molecule has 1 aliphatic heterocycles. The van der Waals surface area contributed by atoms with Gasteiger partial charge in [-0.2, -0.15) is 10.6 Å². The molecule has 1 aliphatic rings. The molecular weight excluding hydrogens is 466 g/mol. The third-order valence-electron chi connectivity index (χ3n) is 5.64. The predicted octanol–water partition coefficient (Wildman–Crippen LogP) is 5.47. The van der Waals surface area contributed by atoms with E-state index in [1.807, 2.05) is 24.3 Å². The molecule has 0 aliphatic carbocycles. The second-order valence-corrected chi connectivity index (χ2v) is 12.0. The van der Waals surface area contributed by atoms with Crippen LogP contribution in [0.2, 0.25) is 0 Å². The maximum Gasteiger partial charge on any atom is 0.187 e. The van der Waals surface area contributed by atoms with Crippen molar-refractivity contribution < 1.29 is 17.5 Å². The third kappa shape index (κ3) is 5.20. The van der Waals surface area contributed by atoms with Gasteiger partial charge in [-0.1, -0.05) is 60.7 Å². The number of nitrogens with one attached hydrogen (secondary N) is 1. The van der Waals surface area contributed by atoms with Gasteiger partial charge >= 0.3 is 0 Å². The fourth-order valence-corrected chi connectivity index (χ4v) is 8.59. The largest absolute Gasteiger partial charge is 0.313 e. The normalized spacial score (nSPS) is 17.9. The van der Waals surface area contributed by atoms with Crippen LogP contribution in [0.25, 0.3) is 0 Å². The molecule has 1 heterocycles. The number of aryl methyl sites for hydroxylation is 1. The summed E-state index contributed by atoms with van der Waals surface area (Å²) >= 11 is 0. The van der Waals surface area contributed by atoms with Gasteiger partial charge in [-0.05, 0) is 54.3 Å². The lowest BCUT2D eigenvalue weighted by atomic mass is 10.0. The van der Waals surface area contributed by atoms with E-state index < -0.39 is 25.7 Å². The maximum absolute atomic E-state index is 13.3. The van der Waals surface area contributed by atoms with Crippen molar-refractivity contribution in [3.63, 3.8) is 0 Å². The van der Waals surface area contributed by atoms with Crippen molar-refractivity contribution >= 4 is 32.8 Å². The zero-order valence-electron chi connectivity index (χ0n) is 17.6. The summed E-state index contributed by atoms with van der Waals surface area (Å²) in [5.41, 5.74) is 2.63. The fraction of sp³-hybridized carbons (Fsp3) is 0.250. The molecule has 0 bridgehead atoms. The molecule has 0 radical (unpaired) electrons. The molecule has 172 valence electrons. The first kappa shape index (κ1) is 24.8. The van der Waals surface area contributed by atoms with E-state index in [4.69, 9.17) is 0 Å². The number of benzene rings is 3. The summed E-state index contributed by atoms with van der Waals surface area (Å²) in [6.45, 7) is 1.26. The average Bonchev–Trinajstić information content (AvgIpc) is 3.07. The summed E-state index contributed by atoms with van der Waals surface area (Å²) in [6.07, 6.45) is 1.92. The highest BCUT2D eigenvalue weighted by Gasteiger charge is 2.44. The second kappa shape index (κ2) is 10.4. The highest BCUT2D eigenvalue weighted by atomic mass is 35.5. The Labute approximate surface area is 197 Å². The Bertz CT molecular complexity index is 1140. The predicted molar refractivity (Wildman–Crippen MR) is 133 cm³/mol. The van der Waals surface area contributed by atoms with E-state index in [0.717, 1.165) is 24.9 Å². The second-order valence-electron chi connectivity index (χ2n) is 7.78. The van der Waals surface area contributed by atoms with E-state index in [0.29, 0.717) is 17.0 Å². The van der Waals surface area contributed by atoms with Gasteiger partial charge in [0.05, 0.1) is 15.5 Å². The number of sulfone groups is 1. The Balaban J connectivity index is 0.00000289. The zero-order valence-corrected chi connectivity index (χ0v) is 20.0. The van der Waals surface area contributed by atoms with Crippen molar-refractivity contribution in [3.8, 4) is 0 Å². The fourth-order valence-electron chi connectivity index (χ4n) is 4.08. The molecule has 4 rings (SSSR count). The summed E-state index contributed by atoms with van der Waals surface area (Å²) in [5.74, 6) is -0.190. The first-order chi connectivity index (χ1) is 14.9. The lowest BCUT2D eigenvalue weighted by Crippen LogP contribution is -2.20. The van der Waals surface area contributed by atoms with Gasteiger partial charge < -0.3 is 5.32 Å². The summed E-state index contributed by atoms with van der Waals surface area (Å²) in [6, 6.07) is 23.8. The summed E-state index contributed by atoms with van der Waals surface area (Å²) < 4.78 is 48.0. The lowest BCUT2D eigenvalue weighted by Gasteiger charge is -2.27. The number of halogens is 1. The molecule has 5 nitrogen and oxygen atoms in total.